The van der Waals surface area contributed by atoms with Gasteiger partial charge in [-0.15, -0.1) is 0 Å². The summed E-state index contributed by atoms with van der Waals surface area (Å²) in [4.78, 5) is 95.6. The van der Waals surface area contributed by atoms with E-state index in [1.807, 2.05) is 30.1 Å². The molecule has 1 atom stereocenters. The van der Waals surface area contributed by atoms with Gasteiger partial charge in [0.1, 0.15) is 5.82 Å². The second-order valence-electron chi connectivity index (χ2n) is 16.9. The van der Waals surface area contributed by atoms with Crippen LogP contribution in [0.1, 0.15) is 81.7 Å². The number of benzene rings is 2. The molecule has 5 fully saturated rings. The first kappa shape index (κ1) is 39.2. The lowest BCUT2D eigenvalue weighted by molar-refractivity contribution is -0.122. The van der Waals surface area contributed by atoms with E-state index in [1.54, 1.807) is 23.2 Å². The van der Waals surface area contributed by atoms with Gasteiger partial charge in [0.05, 0.1) is 29.9 Å². The highest BCUT2D eigenvalue weighted by Crippen LogP contribution is 2.42. The van der Waals surface area contributed by atoms with E-state index in [0.29, 0.717) is 31.3 Å². The highest BCUT2D eigenvalue weighted by Gasteiger charge is 2.44. The molecule has 5 saturated heterocycles. The van der Waals surface area contributed by atoms with Crippen LogP contribution in [-0.2, 0) is 11.3 Å². The van der Waals surface area contributed by atoms with Gasteiger partial charge in [-0.05, 0) is 92.4 Å². The smallest absolute Gasteiger partial charge is 0.343 e. The van der Waals surface area contributed by atoms with Gasteiger partial charge in [-0.3, -0.25) is 29.4 Å². The maximum atomic E-state index is 13.4. The Morgan fingerprint density at radius 1 is 0.883 bits per heavy atom. The highest BCUT2D eigenvalue weighted by molar-refractivity contribution is 6.22. The molecule has 1 aromatic heterocycles. The Labute approximate surface area is 347 Å². The molecule has 0 radical (unpaired) electrons. The zero-order valence-electron chi connectivity index (χ0n) is 33.8. The van der Waals surface area contributed by atoms with Crippen LogP contribution in [0.2, 0.25) is 0 Å². The standard InChI is InChI=1S/C42H50N12O6/c1-48-20-21-52(41(48)60)30-4-2-16-51(25-30)33-23-44-35(36(43)56)37(46-33)45-28-6-8-29(9-7-28)50-18-13-42(14-19-50)12-3-15-49(26-42)24-27-5-10-31-32(22-27)39(58)54(38(31)57)53-17-11-34(55)47-40(53)59/h5-10,22-23,30H,2-4,11-21,24-26H2,1H3,(H2,43,56)(H,45,46)(H,47,55,59)/t30-/m0/s1. The van der Waals surface area contributed by atoms with Crippen molar-refractivity contribution in [2.24, 2.45) is 11.1 Å². The van der Waals surface area contributed by atoms with Crippen molar-refractivity contribution >= 4 is 58.7 Å². The number of primary amides is 1. The zero-order chi connectivity index (χ0) is 41.7. The van der Waals surface area contributed by atoms with Crippen molar-refractivity contribution in [2.45, 2.75) is 57.5 Å². The third-order valence-electron chi connectivity index (χ3n) is 13.1. The van der Waals surface area contributed by atoms with E-state index in [9.17, 15) is 28.8 Å². The Bertz CT molecular complexity index is 2240. The number of hydrazine groups is 1. The van der Waals surface area contributed by atoms with Crippen LogP contribution in [0.25, 0.3) is 0 Å². The van der Waals surface area contributed by atoms with Crippen LogP contribution in [0.5, 0.6) is 0 Å². The molecule has 7 heterocycles. The molecule has 3 aromatic rings. The molecule has 0 saturated carbocycles. The van der Waals surface area contributed by atoms with E-state index in [0.717, 1.165) is 105 Å². The molecule has 8 amide bonds. The van der Waals surface area contributed by atoms with Crippen molar-refractivity contribution < 1.29 is 28.8 Å². The topological polar surface area (TPSA) is 201 Å². The fourth-order valence-corrected chi connectivity index (χ4v) is 9.81. The number of hydrogen-bond donors (Lipinski definition) is 3. The van der Waals surface area contributed by atoms with Crippen molar-refractivity contribution in [3.05, 3.63) is 71.0 Å². The predicted octanol–water partition coefficient (Wildman–Crippen LogP) is 2.99. The first-order valence-electron chi connectivity index (χ1n) is 20.9. The number of rotatable bonds is 9. The number of fused-ring (bicyclic) bond motifs is 1. The molecule has 6 aliphatic heterocycles. The molecule has 0 unspecified atom stereocenters. The molecular weight excluding hydrogens is 769 g/mol. The van der Waals surface area contributed by atoms with Crippen LogP contribution in [-0.4, -0.2) is 142 Å². The van der Waals surface area contributed by atoms with E-state index < -0.39 is 29.7 Å². The van der Waals surface area contributed by atoms with E-state index in [-0.39, 0.29) is 47.3 Å². The summed E-state index contributed by atoms with van der Waals surface area (Å²) in [7, 11) is 1.83. The highest BCUT2D eigenvalue weighted by atomic mass is 16.2. The number of nitrogens with two attached hydrogens (primary N) is 1. The average Bonchev–Trinajstić information content (AvgIpc) is 3.71. The molecule has 1 spiro atoms. The fraction of sp³-hybridized carbons (Fsp3) is 0.476. The molecular formula is C42H50N12O6. The fourth-order valence-electron chi connectivity index (χ4n) is 9.81. The number of urea groups is 2. The van der Waals surface area contributed by atoms with Crippen LogP contribution >= 0.6 is 0 Å². The number of nitrogens with zero attached hydrogens (tertiary/aromatic N) is 9. The Hall–Kier alpha value is -6.30. The minimum Gasteiger partial charge on any atom is -0.371 e. The summed E-state index contributed by atoms with van der Waals surface area (Å²) in [6, 6.07) is 12.8. The largest absolute Gasteiger partial charge is 0.371 e. The first-order chi connectivity index (χ1) is 28.9. The van der Waals surface area contributed by atoms with E-state index in [4.69, 9.17) is 10.7 Å². The van der Waals surface area contributed by atoms with Crippen LogP contribution < -0.4 is 26.2 Å². The lowest BCUT2D eigenvalue weighted by Crippen LogP contribution is -2.58. The number of nitrogens with one attached hydrogen (secondary N) is 2. The molecule has 4 N–H and O–H groups in total. The maximum Gasteiger partial charge on any atom is 0.343 e. The number of carbonyl (C=O) groups excluding carboxylic acids is 6. The molecule has 0 bridgehead atoms. The summed E-state index contributed by atoms with van der Waals surface area (Å²) in [6.45, 7) is 7.17. The van der Waals surface area contributed by atoms with Gasteiger partial charge in [0, 0.05) is 77.2 Å². The van der Waals surface area contributed by atoms with Crippen LogP contribution in [0, 0.1) is 5.41 Å². The minimum atomic E-state index is -0.776. The Morgan fingerprint density at radius 3 is 2.40 bits per heavy atom. The number of likely N-dealkylation sites (tertiary alicyclic amines) is 1. The monoisotopic (exact) mass is 818 g/mol. The number of likely N-dealkylation sites (N-methyl/N-ethyl adjacent to an activating group) is 1. The first-order valence-corrected chi connectivity index (χ1v) is 20.9. The van der Waals surface area contributed by atoms with Crippen molar-refractivity contribution in [1.29, 1.82) is 0 Å². The minimum absolute atomic E-state index is 0.0130. The lowest BCUT2D eigenvalue weighted by Gasteiger charge is -2.48. The molecule has 2 aromatic carbocycles. The SMILES string of the molecule is CN1CCN([C@H]2CCCN(c3cnc(C(N)=O)c(Nc4ccc(N5CCC6(CCCN(Cc7ccc8c(c7)C(=O)N(N7CCC(=O)NC7=O)C8=O)C6)CC5)cc4)n3)C2)C1=O. The average molecular weight is 819 g/mol. The number of amides is 8. The summed E-state index contributed by atoms with van der Waals surface area (Å²) in [6.07, 6.45) is 7.75. The molecule has 9 rings (SSSR count). The van der Waals surface area contributed by atoms with Crippen LogP contribution in [0.4, 0.5) is 32.6 Å². The van der Waals surface area contributed by atoms with Crippen LogP contribution in [0.15, 0.2) is 48.7 Å². The molecule has 60 heavy (non-hydrogen) atoms. The second-order valence-corrected chi connectivity index (χ2v) is 16.9. The Kier molecular flexibility index (Phi) is 10.3. The number of imide groups is 2. The lowest BCUT2D eigenvalue weighted by atomic mass is 9.72. The number of anilines is 4. The summed E-state index contributed by atoms with van der Waals surface area (Å²) in [5.74, 6) is -1.31. The molecule has 18 nitrogen and oxygen atoms in total. The van der Waals surface area contributed by atoms with Crippen molar-refractivity contribution in [1.82, 2.24) is 40.0 Å². The number of aromatic nitrogens is 2. The Balaban J connectivity index is 0.807. The molecule has 0 aliphatic carbocycles. The van der Waals surface area contributed by atoms with Gasteiger partial charge in [0.15, 0.2) is 11.5 Å². The summed E-state index contributed by atoms with van der Waals surface area (Å²) in [5.41, 5.74) is 9.29. The van der Waals surface area contributed by atoms with Crippen LogP contribution in [0.3, 0.4) is 0 Å². The normalized spacial score (nSPS) is 22.2. The van der Waals surface area contributed by atoms with Crippen molar-refractivity contribution in [2.75, 3.05) is 81.1 Å². The third-order valence-corrected chi connectivity index (χ3v) is 13.1. The number of hydrogen-bond acceptors (Lipinski definition) is 12. The zero-order valence-corrected chi connectivity index (χ0v) is 33.8. The summed E-state index contributed by atoms with van der Waals surface area (Å²) < 4.78 is 0. The van der Waals surface area contributed by atoms with Crippen molar-refractivity contribution in [3.63, 3.8) is 0 Å². The number of piperidine rings is 3. The van der Waals surface area contributed by atoms with Gasteiger partial charge in [-0.2, -0.15) is 5.01 Å². The Morgan fingerprint density at radius 2 is 1.67 bits per heavy atom. The van der Waals surface area contributed by atoms with Gasteiger partial charge in [0.25, 0.3) is 17.7 Å². The van der Waals surface area contributed by atoms with Gasteiger partial charge in [-0.1, -0.05) is 6.07 Å². The maximum absolute atomic E-state index is 13.4. The third kappa shape index (κ3) is 7.43. The summed E-state index contributed by atoms with van der Waals surface area (Å²) >= 11 is 0. The van der Waals surface area contributed by atoms with E-state index in [1.165, 1.54) is 0 Å². The van der Waals surface area contributed by atoms with E-state index >= 15 is 0 Å². The van der Waals surface area contributed by atoms with Crippen molar-refractivity contribution in [3.8, 4) is 0 Å². The van der Waals surface area contributed by atoms with E-state index in [2.05, 4.69) is 42.5 Å². The summed E-state index contributed by atoms with van der Waals surface area (Å²) in [5, 5.41) is 7.33. The van der Waals surface area contributed by atoms with Gasteiger partial charge in [0.2, 0.25) is 5.91 Å². The molecule has 18 heteroatoms. The second kappa shape index (κ2) is 15.7. The number of carbonyl (C=O) groups is 6. The van der Waals surface area contributed by atoms with Gasteiger partial charge in [-0.25, -0.2) is 24.6 Å². The molecule has 6 aliphatic rings. The van der Waals surface area contributed by atoms with Gasteiger partial charge < -0.3 is 30.7 Å². The molecule has 314 valence electrons. The predicted molar refractivity (Wildman–Crippen MR) is 220 cm³/mol. The quantitative estimate of drug-likeness (QED) is 0.267. The van der Waals surface area contributed by atoms with Gasteiger partial charge >= 0.3 is 12.1 Å².